The van der Waals surface area contributed by atoms with Crippen molar-refractivity contribution < 1.29 is 81.2 Å². The van der Waals surface area contributed by atoms with Crippen molar-refractivity contribution >= 4 is 35.8 Å². The Balaban J connectivity index is 2.63. The van der Waals surface area contributed by atoms with Gasteiger partial charge in [0.25, 0.3) is 0 Å². The molecule has 10 atom stereocenters. The molecule has 0 aromatic rings. The number of carbonyl (C=O) groups is 6. The average Bonchev–Trinajstić information content (AvgIpc) is 2.84. The highest BCUT2D eigenvalue weighted by Gasteiger charge is 2.57. The maximum absolute atomic E-state index is 12.1. The van der Waals surface area contributed by atoms with Crippen molar-refractivity contribution in [3.8, 4) is 0 Å². The summed E-state index contributed by atoms with van der Waals surface area (Å²) in [6.45, 7) is 5.60. The third-order valence-corrected chi connectivity index (χ3v) is 5.78. The van der Waals surface area contributed by atoms with Crippen LogP contribution in [0.1, 0.15) is 41.5 Å². The second-order valence-electron chi connectivity index (χ2n) is 9.34. The van der Waals surface area contributed by atoms with Crippen molar-refractivity contribution in [3.05, 3.63) is 0 Å². The third-order valence-electron chi connectivity index (χ3n) is 5.78. The SMILES string of the molecule is COC[C@H]1O[C@@H](O)[C@H](OC(C)=O)[C@@H](OC(C)=O)[C@@H]1O[C@H]1O[C@H](COC(C)=O)[C@@H](OC(C)=O)[C@H](OC(C)=O)[C@H]1OC(C)=O. The van der Waals surface area contributed by atoms with Crippen molar-refractivity contribution in [2.24, 2.45) is 0 Å². The maximum atomic E-state index is 12.1. The van der Waals surface area contributed by atoms with E-state index in [0.717, 1.165) is 41.5 Å². The average molecular weight is 609 g/mol. The van der Waals surface area contributed by atoms with Gasteiger partial charge in [-0.25, -0.2) is 0 Å². The fourth-order valence-corrected chi connectivity index (χ4v) is 4.45. The molecule has 0 unspecified atom stereocenters. The van der Waals surface area contributed by atoms with E-state index in [1.165, 1.54) is 7.11 Å². The quantitative estimate of drug-likeness (QED) is 0.213. The van der Waals surface area contributed by atoms with E-state index in [0.29, 0.717) is 0 Å². The molecule has 17 nitrogen and oxygen atoms in total. The number of ether oxygens (including phenoxy) is 10. The second kappa shape index (κ2) is 15.7. The Kier molecular flexibility index (Phi) is 13.0. The van der Waals surface area contributed by atoms with Gasteiger partial charge in [-0.15, -0.1) is 0 Å². The Hall–Kier alpha value is -3.38. The van der Waals surface area contributed by atoms with Crippen LogP contribution in [-0.2, 0) is 76.1 Å². The molecule has 0 aromatic carbocycles. The fraction of sp³-hybridized carbons (Fsp3) is 0.760. The first-order chi connectivity index (χ1) is 19.6. The molecule has 0 bridgehead atoms. The lowest BCUT2D eigenvalue weighted by Crippen LogP contribution is -2.67. The van der Waals surface area contributed by atoms with Crippen LogP contribution in [0.25, 0.3) is 0 Å². The van der Waals surface area contributed by atoms with E-state index < -0.39 is 104 Å². The number of methoxy groups -OCH3 is 1. The summed E-state index contributed by atoms with van der Waals surface area (Å²) in [5, 5.41) is 10.6. The van der Waals surface area contributed by atoms with Crippen LogP contribution < -0.4 is 0 Å². The Labute approximate surface area is 240 Å². The van der Waals surface area contributed by atoms with Crippen molar-refractivity contribution in [1.82, 2.24) is 0 Å². The summed E-state index contributed by atoms with van der Waals surface area (Å²) in [6, 6.07) is 0. The van der Waals surface area contributed by atoms with E-state index in [-0.39, 0.29) is 6.61 Å². The number of aliphatic hydroxyl groups is 1. The van der Waals surface area contributed by atoms with Crippen LogP contribution in [0.15, 0.2) is 0 Å². The van der Waals surface area contributed by atoms with E-state index >= 15 is 0 Å². The largest absolute Gasteiger partial charge is 0.463 e. The summed E-state index contributed by atoms with van der Waals surface area (Å²) in [7, 11) is 1.31. The zero-order valence-corrected chi connectivity index (χ0v) is 24.2. The van der Waals surface area contributed by atoms with Gasteiger partial charge in [-0.1, -0.05) is 0 Å². The van der Waals surface area contributed by atoms with Gasteiger partial charge in [0.15, 0.2) is 43.1 Å². The molecule has 0 spiro atoms. The van der Waals surface area contributed by atoms with E-state index in [4.69, 9.17) is 47.4 Å². The van der Waals surface area contributed by atoms with Gasteiger partial charge in [-0.3, -0.25) is 28.8 Å². The van der Waals surface area contributed by atoms with Crippen LogP contribution >= 0.6 is 0 Å². The molecule has 238 valence electrons. The molecular weight excluding hydrogens is 572 g/mol. The van der Waals surface area contributed by atoms with Gasteiger partial charge in [-0.2, -0.15) is 0 Å². The molecule has 0 amide bonds. The Morgan fingerprint density at radius 2 is 0.976 bits per heavy atom. The molecule has 1 N–H and O–H groups in total. The topological polar surface area (TPSA) is 215 Å². The van der Waals surface area contributed by atoms with Crippen molar-refractivity contribution in [2.45, 2.75) is 103 Å². The first-order valence-electron chi connectivity index (χ1n) is 12.8. The molecule has 2 heterocycles. The zero-order chi connectivity index (χ0) is 31.7. The number of hydrogen-bond donors (Lipinski definition) is 1. The van der Waals surface area contributed by atoms with E-state index in [1.54, 1.807) is 0 Å². The first-order valence-corrected chi connectivity index (χ1v) is 12.8. The molecule has 2 aliphatic rings. The van der Waals surface area contributed by atoms with Gasteiger partial charge >= 0.3 is 35.8 Å². The van der Waals surface area contributed by atoms with E-state index in [9.17, 15) is 33.9 Å². The Morgan fingerprint density at radius 3 is 1.45 bits per heavy atom. The molecule has 0 saturated carbocycles. The lowest BCUT2D eigenvalue weighted by Gasteiger charge is -2.48. The van der Waals surface area contributed by atoms with E-state index in [2.05, 4.69) is 0 Å². The van der Waals surface area contributed by atoms with Gasteiger partial charge in [0.1, 0.15) is 24.9 Å². The molecule has 42 heavy (non-hydrogen) atoms. The molecule has 2 fully saturated rings. The maximum Gasteiger partial charge on any atom is 0.303 e. The summed E-state index contributed by atoms with van der Waals surface area (Å²) in [5.74, 6) is -5.00. The number of aliphatic hydroxyl groups excluding tert-OH is 1. The smallest absolute Gasteiger partial charge is 0.303 e. The summed E-state index contributed by atoms with van der Waals surface area (Å²) < 4.78 is 54.4. The molecule has 2 saturated heterocycles. The lowest BCUT2D eigenvalue weighted by molar-refractivity contribution is -0.357. The second-order valence-corrected chi connectivity index (χ2v) is 9.34. The van der Waals surface area contributed by atoms with Crippen LogP contribution in [-0.4, -0.2) is 123 Å². The number of esters is 6. The third kappa shape index (κ3) is 9.87. The Morgan fingerprint density at radius 1 is 0.548 bits per heavy atom. The molecule has 0 radical (unpaired) electrons. The monoisotopic (exact) mass is 608 g/mol. The fourth-order valence-electron chi connectivity index (χ4n) is 4.45. The zero-order valence-electron chi connectivity index (χ0n) is 24.2. The normalized spacial score (nSPS) is 32.6. The molecule has 17 heteroatoms. The van der Waals surface area contributed by atoms with Gasteiger partial charge in [-0.05, 0) is 0 Å². The highest BCUT2D eigenvalue weighted by atomic mass is 16.8. The minimum absolute atomic E-state index is 0.252. The number of carbonyl (C=O) groups excluding carboxylic acids is 6. The summed E-state index contributed by atoms with van der Waals surface area (Å²) in [6.07, 6.45) is -15.2. The molecule has 0 aromatic heterocycles. The van der Waals surface area contributed by atoms with Gasteiger partial charge in [0.2, 0.25) is 0 Å². The minimum Gasteiger partial charge on any atom is -0.463 e. The highest BCUT2D eigenvalue weighted by molar-refractivity contribution is 5.69. The van der Waals surface area contributed by atoms with Crippen LogP contribution in [0.5, 0.6) is 0 Å². The van der Waals surface area contributed by atoms with Crippen molar-refractivity contribution in [2.75, 3.05) is 20.3 Å². The van der Waals surface area contributed by atoms with Gasteiger partial charge in [0.05, 0.1) is 6.61 Å². The van der Waals surface area contributed by atoms with Crippen LogP contribution in [0.3, 0.4) is 0 Å². The molecule has 0 aliphatic carbocycles. The van der Waals surface area contributed by atoms with Crippen LogP contribution in [0.4, 0.5) is 0 Å². The van der Waals surface area contributed by atoms with Gasteiger partial charge in [0, 0.05) is 48.7 Å². The first kappa shape index (κ1) is 34.8. The standard InChI is InChI=1S/C25H36O17/c1-10(26)34-9-17-18(35-11(2)27)21(37-13(4)29)23(39-15(6)31)25(41-17)42-19-16(8-33-7)40-24(32)22(38-14(5)30)20(19)36-12(3)28/h16-25,32H,8-9H2,1-7H3/t16-,17-,18-,19-,20+,21+,22-,23-,24-,25-/m1/s1. The molecule has 2 aliphatic heterocycles. The summed E-state index contributed by atoms with van der Waals surface area (Å²) in [4.78, 5) is 71.6. The highest BCUT2D eigenvalue weighted by Crippen LogP contribution is 2.34. The molecular formula is C25H36O17. The summed E-state index contributed by atoms with van der Waals surface area (Å²) >= 11 is 0. The predicted octanol–water partition coefficient (Wildman–Crippen LogP) is -1.32. The minimum atomic E-state index is -1.78. The summed E-state index contributed by atoms with van der Waals surface area (Å²) in [5.41, 5.74) is 0. The number of rotatable bonds is 11. The lowest BCUT2D eigenvalue weighted by atomic mass is 9.96. The number of hydrogen-bond acceptors (Lipinski definition) is 17. The van der Waals surface area contributed by atoms with Crippen molar-refractivity contribution in [1.29, 1.82) is 0 Å². The Bertz CT molecular complexity index is 997. The van der Waals surface area contributed by atoms with Crippen LogP contribution in [0.2, 0.25) is 0 Å². The van der Waals surface area contributed by atoms with Gasteiger partial charge < -0.3 is 52.5 Å². The molecule has 2 rings (SSSR count). The predicted molar refractivity (Wildman–Crippen MR) is 131 cm³/mol. The van der Waals surface area contributed by atoms with Crippen LogP contribution in [0, 0.1) is 0 Å². The van der Waals surface area contributed by atoms with E-state index in [1.807, 2.05) is 0 Å². The van der Waals surface area contributed by atoms with Crippen molar-refractivity contribution in [3.63, 3.8) is 0 Å².